The third kappa shape index (κ3) is 6.52. The maximum Gasteiger partial charge on any atom is 0.250 e. The Hall–Kier alpha value is -1.62. The van der Waals surface area contributed by atoms with Crippen molar-refractivity contribution in [2.24, 2.45) is 0 Å². The molecule has 112 valence electrons. The lowest BCUT2D eigenvalue weighted by molar-refractivity contribution is -0.120. The predicted molar refractivity (Wildman–Crippen MR) is 79.0 cm³/mol. The van der Waals surface area contributed by atoms with Crippen LogP contribution in [-0.4, -0.2) is 19.1 Å². The quantitative estimate of drug-likeness (QED) is 0.539. The Morgan fingerprint density at radius 3 is 2.75 bits per heavy atom. The van der Waals surface area contributed by atoms with E-state index in [-0.39, 0.29) is 18.2 Å². The van der Waals surface area contributed by atoms with Crippen LogP contribution in [0.5, 0.6) is 0 Å². The molecule has 0 saturated heterocycles. The molecule has 1 rings (SSSR count). The highest BCUT2D eigenvalue weighted by Crippen LogP contribution is 2.18. The average Bonchev–Trinajstić information content (AvgIpc) is 2.41. The van der Waals surface area contributed by atoms with Gasteiger partial charge in [0.15, 0.2) is 0 Å². The summed E-state index contributed by atoms with van der Waals surface area (Å²) in [6.07, 6.45) is 5.75. The Kier molecular flexibility index (Phi) is 7.65. The number of benzene rings is 1. The highest BCUT2D eigenvalue weighted by atomic mass is 19.1. The minimum Gasteiger partial charge on any atom is -0.397 e. The number of halogens is 1. The second-order valence-electron chi connectivity index (χ2n) is 4.75. The Morgan fingerprint density at radius 1 is 1.30 bits per heavy atom. The predicted octanol–water partition coefficient (Wildman–Crippen LogP) is 3.33. The van der Waals surface area contributed by atoms with Gasteiger partial charge in [-0.05, 0) is 24.6 Å². The molecule has 1 aromatic carbocycles. The number of hydrogen-bond acceptors (Lipinski definition) is 3. The number of rotatable bonds is 9. The number of unbranched alkanes of at least 4 members (excludes halogenated alkanes) is 4. The van der Waals surface area contributed by atoms with Crippen LogP contribution in [0.15, 0.2) is 18.2 Å². The van der Waals surface area contributed by atoms with Crippen LogP contribution in [0.1, 0.15) is 39.0 Å². The van der Waals surface area contributed by atoms with Crippen molar-refractivity contribution in [1.29, 1.82) is 0 Å². The molecule has 4 nitrogen and oxygen atoms in total. The van der Waals surface area contributed by atoms with Crippen LogP contribution >= 0.6 is 0 Å². The van der Waals surface area contributed by atoms with Crippen molar-refractivity contribution in [2.45, 2.75) is 39.0 Å². The molecule has 20 heavy (non-hydrogen) atoms. The summed E-state index contributed by atoms with van der Waals surface area (Å²) in [7, 11) is 0. The second-order valence-corrected chi connectivity index (χ2v) is 4.75. The number of carbonyl (C=O) groups excluding carboxylic acids is 1. The topological polar surface area (TPSA) is 64.3 Å². The van der Waals surface area contributed by atoms with Gasteiger partial charge in [-0.25, -0.2) is 4.39 Å². The first-order chi connectivity index (χ1) is 9.63. The third-order valence-corrected chi connectivity index (χ3v) is 2.91. The molecule has 5 heteroatoms. The number of anilines is 2. The minimum atomic E-state index is -0.427. The summed E-state index contributed by atoms with van der Waals surface area (Å²) in [6, 6.07) is 3.86. The molecule has 0 unspecified atom stereocenters. The van der Waals surface area contributed by atoms with Gasteiger partial charge in [0.2, 0.25) is 5.91 Å². The standard InChI is InChI=1S/C15H23FN2O2/c1-2-3-4-5-6-9-20-11-15(19)18-14-8-7-12(16)10-13(14)17/h7-8,10H,2-6,9,11,17H2,1H3,(H,18,19). The molecule has 1 aromatic rings. The number of hydrogen-bond donors (Lipinski definition) is 2. The number of amides is 1. The van der Waals surface area contributed by atoms with Crippen LogP contribution in [0, 0.1) is 5.82 Å². The van der Waals surface area contributed by atoms with Gasteiger partial charge in [-0.3, -0.25) is 4.79 Å². The molecule has 0 aliphatic carbocycles. The van der Waals surface area contributed by atoms with E-state index in [0.717, 1.165) is 12.8 Å². The largest absolute Gasteiger partial charge is 0.397 e. The number of ether oxygens (including phenoxy) is 1. The zero-order valence-corrected chi connectivity index (χ0v) is 12.0. The van der Waals surface area contributed by atoms with E-state index in [1.807, 2.05) is 0 Å². The lowest BCUT2D eigenvalue weighted by Gasteiger charge is -2.08. The van der Waals surface area contributed by atoms with Crippen LogP contribution < -0.4 is 11.1 Å². The normalized spacial score (nSPS) is 10.5. The second kappa shape index (κ2) is 9.31. The fraction of sp³-hybridized carbons (Fsp3) is 0.533. The summed E-state index contributed by atoms with van der Waals surface area (Å²) in [5.41, 5.74) is 6.21. The van der Waals surface area contributed by atoms with Gasteiger partial charge in [0.25, 0.3) is 0 Å². The van der Waals surface area contributed by atoms with Crippen molar-refractivity contribution in [3.8, 4) is 0 Å². The summed E-state index contributed by atoms with van der Waals surface area (Å²) >= 11 is 0. The summed E-state index contributed by atoms with van der Waals surface area (Å²) in [5.74, 6) is -0.708. The number of nitrogens with two attached hydrogens (primary N) is 1. The van der Waals surface area contributed by atoms with Gasteiger partial charge in [-0.1, -0.05) is 32.6 Å². The van der Waals surface area contributed by atoms with E-state index in [9.17, 15) is 9.18 Å². The van der Waals surface area contributed by atoms with Gasteiger partial charge in [-0.15, -0.1) is 0 Å². The summed E-state index contributed by atoms with van der Waals surface area (Å²) in [4.78, 5) is 11.6. The molecule has 0 atom stereocenters. The van der Waals surface area contributed by atoms with Crippen molar-refractivity contribution in [1.82, 2.24) is 0 Å². The van der Waals surface area contributed by atoms with E-state index in [1.54, 1.807) is 0 Å². The number of nitrogens with one attached hydrogen (secondary N) is 1. The van der Waals surface area contributed by atoms with Crippen molar-refractivity contribution >= 4 is 17.3 Å². The lowest BCUT2D eigenvalue weighted by Crippen LogP contribution is -2.19. The first-order valence-electron chi connectivity index (χ1n) is 7.06. The van der Waals surface area contributed by atoms with Crippen molar-refractivity contribution in [2.75, 3.05) is 24.3 Å². The Morgan fingerprint density at radius 2 is 2.05 bits per heavy atom. The average molecular weight is 282 g/mol. The van der Waals surface area contributed by atoms with E-state index >= 15 is 0 Å². The molecule has 0 fully saturated rings. The maximum absolute atomic E-state index is 12.8. The van der Waals surface area contributed by atoms with Gasteiger partial charge in [0.05, 0.1) is 11.4 Å². The molecule has 0 bridgehead atoms. The van der Waals surface area contributed by atoms with E-state index < -0.39 is 5.82 Å². The van der Waals surface area contributed by atoms with Gasteiger partial charge in [0.1, 0.15) is 12.4 Å². The van der Waals surface area contributed by atoms with Gasteiger partial charge >= 0.3 is 0 Å². The van der Waals surface area contributed by atoms with E-state index in [2.05, 4.69) is 12.2 Å². The lowest BCUT2D eigenvalue weighted by atomic mass is 10.2. The molecule has 0 radical (unpaired) electrons. The molecule has 0 saturated carbocycles. The van der Waals surface area contributed by atoms with Crippen molar-refractivity contribution in [3.05, 3.63) is 24.0 Å². The summed E-state index contributed by atoms with van der Waals surface area (Å²) in [6.45, 7) is 2.74. The summed E-state index contributed by atoms with van der Waals surface area (Å²) < 4.78 is 18.1. The Balaban J connectivity index is 2.17. The fourth-order valence-corrected chi connectivity index (χ4v) is 1.81. The van der Waals surface area contributed by atoms with Crippen LogP contribution in [0.2, 0.25) is 0 Å². The van der Waals surface area contributed by atoms with E-state index in [4.69, 9.17) is 10.5 Å². The van der Waals surface area contributed by atoms with Gasteiger partial charge < -0.3 is 15.8 Å². The van der Waals surface area contributed by atoms with Crippen molar-refractivity contribution < 1.29 is 13.9 Å². The van der Waals surface area contributed by atoms with Crippen LogP contribution in [-0.2, 0) is 9.53 Å². The first kappa shape index (κ1) is 16.4. The molecule has 0 aromatic heterocycles. The number of carbonyl (C=O) groups is 1. The zero-order valence-electron chi connectivity index (χ0n) is 12.0. The molecule has 1 amide bonds. The van der Waals surface area contributed by atoms with Crippen LogP contribution in [0.4, 0.5) is 15.8 Å². The Bertz CT molecular complexity index is 424. The molecular formula is C15H23FN2O2. The molecule has 0 aliphatic heterocycles. The zero-order chi connectivity index (χ0) is 14.8. The fourth-order valence-electron chi connectivity index (χ4n) is 1.81. The van der Waals surface area contributed by atoms with Gasteiger partial charge in [-0.2, -0.15) is 0 Å². The molecule has 0 aliphatic rings. The summed E-state index contributed by atoms with van der Waals surface area (Å²) in [5, 5.41) is 2.59. The van der Waals surface area contributed by atoms with E-state index in [1.165, 1.54) is 37.5 Å². The smallest absolute Gasteiger partial charge is 0.250 e. The van der Waals surface area contributed by atoms with E-state index in [0.29, 0.717) is 12.3 Å². The Labute approximate surface area is 119 Å². The highest BCUT2D eigenvalue weighted by Gasteiger charge is 2.06. The molecule has 0 spiro atoms. The number of nitrogen functional groups attached to an aromatic ring is 1. The van der Waals surface area contributed by atoms with Crippen LogP contribution in [0.25, 0.3) is 0 Å². The first-order valence-corrected chi connectivity index (χ1v) is 7.06. The molecule has 0 heterocycles. The molecule has 3 N–H and O–H groups in total. The monoisotopic (exact) mass is 282 g/mol. The molecular weight excluding hydrogens is 259 g/mol. The van der Waals surface area contributed by atoms with Crippen LogP contribution in [0.3, 0.4) is 0 Å². The SMILES string of the molecule is CCCCCCCOCC(=O)Nc1ccc(F)cc1N. The van der Waals surface area contributed by atoms with Gasteiger partial charge in [0, 0.05) is 6.61 Å². The van der Waals surface area contributed by atoms with Crippen molar-refractivity contribution in [3.63, 3.8) is 0 Å². The third-order valence-electron chi connectivity index (χ3n) is 2.91. The maximum atomic E-state index is 12.8. The minimum absolute atomic E-state index is 0.00933. The highest BCUT2D eigenvalue weighted by molar-refractivity contribution is 5.94.